The van der Waals surface area contributed by atoms with Gasteiger partial charge in [-0.2, -0.15) is 0 Å². The van der Waals surface area contributed by atoms with Crippen LogP contribution in [0.15, 0.2) is 0 Å². The average molecular weight is 225 g/mol. The number of nitrogens with one attached hydrogen (secondary N) is 1. The van der Waals surface area contributed by atoms with Gasteiger partial charge in [-0.05, 0) is 26.2 Å². The van der Waals surface area contributed by atoms with Crippen molar-refractivity contribution in [2.75, 3.05) is 26.3 Å². The van der Waals surface area contributed by atoms with E-state index in [1.54, 1.807) is 0 Å². The predicted molar refractivity (Wildman–Crippen MR) is 62.5 cm³/mol. The fourth-order valence-corrected chi connectivity index (χ4v) is 3.65. The van der Waals surface area contributed by atoms with E-state index in [9.17, 15) is 0 Å². The highest BCUT2D eigenvalue weighted by Gasteiger charge is 2.48. The first-order valence-electron chi connectivity index (χ1n) is 6.71. The SMILES string of the molecule is CC1(C2CCOC2)CNCC2(CCCC2)O1. The van der Waals surface area contributed by atoms with E-state index in [2.05, 4.69) is 12.2 Å². The van der Waals surface area contributed by atoms with Crippen LogP contribution in [-0.4, -0.2) is 37.5 Å². The second kappa shape index (κ2) is 3.97. The molecule has 2 atom stereocenters. The quantitative estimate of drug-likeness (QED) is 0.737. The van der Waals surface area contributed by atoms with Gasteiger partial charge in [0.05, 0.1) is 17.8 Å². The maximum absolute atomic E-state index is 6.56. The fraction of sp³-hybridized carbons (Fsp3) is 1.00. The summed E-state index contributed by atoms with van der Waals surface area (Å²) in [7, 11) is 0. The summed E-state index contributed by atoms with van der Waals surface area (Å²) in [6.07, 6.45) is 6.30. The Morgan fingerprint density at radius 3 is 2.69 bits per heavy atom. The molecule has 1 spiro atoms. The van der Waals surface area contributed by atoms with Crippen LogP contribution in [0.1, 0.15) is 39.0 Å². The number of hydrogen-bond donors (Lipinski definition) is 1. The number of hydrogen-bond acceptors (Lipinski definition) is 3. The second-order valence-corrected chi connectivity index (χ2v) is 5.97. The van der Waals surface area contributed by atoms with E-state index in [0.29, 0.717) is 5.92 Å². The Morgan fingerprint density at radius 2 is 2.00 bits per heavy atom. The summed E-state index contributed by atoms with van der Waals surface area (Å²) < 4.78 is 12.1. The Morgan fingerprint density at radius 1 is 1.19 bits per heavy atom. The van der Waals surface area contributed by atoms with Crippen LogP contribution in [0.3, 0.4) is 0 Å². The molecule has 92 valence electrons. The largest absolute Gasteiger partial charge is 0.381 e. The predicted octanol–water partition coefficient (Wildman–Crippen LogP) is 1.71. The Kier molecular flexibility index (Phi) is 2.73. The molecule has 2 aliphatic heterocycles. The second-order valence-electron chi connectivity index (χ2n) is 5.97. The fourth-order valence-electron chi connectivity index (χ4n) is 3.65. The van der Waals surface area contributed by atoms with Gasteiger partial charge in [-0.25, -0.2) is 0 Å². The smallest absolute Gasteiger partial charge is 0.0837 e. The number of rotatable bonds is 1. The summed E-state index contributed by atoms with van der Waals surface area (Å²) in [5.41, 5.74) is 0.147. The van der Waals surface area contributed by atoms with Crippen molar-refractivity contribution >= 4 is 0 Å². The summed E-state index contributed by atoms with van der Waals surface area (Å²) in [4.78, 5) is 0. The first kappa shape index (κ1) is 11.0. The van der Waals surface area contributed by atoms with Crippen LogP contribution in [0, 0.1) is 5.92 Å². The highest BCUT2D eigenvalue weighted by Crippen LogP contribution is 2.42. The molecule has 16 heavy (non-hydrogen) atoms. The summed E-state index contributed by atoms with van der Waals surface area (Å²) >= 11 is 0. The third-order valence-electron chi connectivity index (χ3n) is 4.68. The lowest BCUT2D eigenvalue weighted by atomic mass is 9.84. The number of morpholine rings is 1. The van der Waals surface area contributed by atoms with E-state index < -0.39 is 0 Å². The molecule has 0 amide bonds. The van der Waals surface area contributed by atoms with Crippen molar-refractivity contribution in [1.29, 1.82) is 0 Å². The molecule has 1 aliphatic carbocycles. The molecule has 3 aliphatic rings. The van der Waals surface area contributed by atoms with Crippen molar-refractivity contribution in [3.05, 3.63) is 0 Å². The molecule has 1 saturated carbocycles. The standard InChI is InChI=1S/C13H23NO2/c1-12(11-4-7-15-8-11)9-14-10-13(16-12)5-2-3-6-13/h11,14H,2-10H2,1H3. The van der Waals surface area contributed by atoms with Crippen LogP contribution in [0.2, 0.25) is 0 Å². The minimum Gasteiger partial charge on any atom is -0.381 e. The Balaban J connectivity index is 1.74. The van der Waals surface area contributed by atoms with Crippen molar-refractivity contribution in [3.8, 4) is 0 Å². The van der Waals surface area contributed by atoms with Crippen LogP contribution in [0.5, 0.6) is 0 Å². The van der Waals surface area contributed by atoms with E-state index in [-0.39, 0.29) is 11.2 Å². The van der Waals surface area contributed by atoms with Crippen LogP contribution < -0.4 is 5.32 Å². The molecule has 2 saturated heterocycles. The molecule has 0 aromatic rings. The molecular formula is C13H23NO2. The molecule has 1 N–H and O–H groups in total. The molecule has 3 nitrogen and oxygen atoms in total. The average Bonchev–Trinajstić information content (AvgIpc) is 2.89. The van der Waals surface area contributed by atoms with Gasteiger partial charge in [-0.1, -0.05) is 12.8 Å². The van der Waals surface area contributed by atoms with Crippen LogP contribution in [0.25, 0.3) is 0 Å². The molecule has 2 unspecified atom stereocenters. The lowest BCUT2D eigenvalue weighted by Crippen LogP contribution is -2.61. The molecule has 0 aromatic carbocycles. The Labute approximate surface area is 97.9 Å². The zero-order valence-electron chi connectivity index (χ0n) is 10.3. The van der Waals surface area contributed by atoms with Crippen molar-refractivity contribution in [2.45, 2.75) is 50.2 Å². The maximum atomic E-state index is 6.56. The van der Waals surface area contributed by atoms with Gasteiger partial charge in [-0.3, -0.25) is 0 Å². The monoisotopic (exact) mass is 225 g/mol. The van der Waals surface area contributed by atoms with Gasteiger partial charge < -0.3 is 14.8 Å². The van der Waals surface area contributed by atoms with Crippen LogP contribution in [-0.2, 0) is 9.47 Å². The third kappa shape index (κ3) is 1.79. The summed E-state index contributed by atoms with van der Waals surface area (Å²) in [5, 5.41) is 3.60. The zero-order valence-corrected chi connectivity index (χ0v) is 10.3. The molecule has 0 bridgehead atoms. The summed E-state index contributed by atoms with van der Waals surface area (Å²) in [6, 6.07) is 0. The lowest BCUT2D eigenvalue weighted by molar-refractivity contribution is -0.190. The van der Waals surface area contributed by atoms with Gasteiger partial charge in [0, 0.05) is 25.6 Å². The topological polar surface area (TPSA) is 30.5 Å². The molecule has 3 rings (SSSR count). The summed E-state index contributed by atoms with van der Waals surface area (Å²) in [5.74, 6) is 0.581. The van der Waals surface area contributed by atoms with E-state index in [0.717, 1.165) is 32.7 Å². The minimum absolute atomic E-state index is 0.000903. The van der Waals surface area contributed by atoms with E-state index >= 15 is 0 Å². The molecule has 3 heteroatoms. The number of ether oxygens (including phenoxy) is 2. The maximum Gasteiger partial charge on any atom is 0.0837 e. The lowest BCUT2D eigenvalue weighted by Gasteiger charge is -2.48. The third-order valence-corrected chi connectivity index (χ3v) is 4.68. The van der Waals surface area contributed by atoms with Gasteiger partial charge in [0.15, 0.2) is 0 Å². The normalized spacial score (nSPS) is 42.9. The minimum atomic E-state index is -0.000903. The molecular weight excluding hydrogens is 202 g/mol. The molecule has 0 radical (unpaired) electrons. The Hall–Kier alpha value is -0.120. The highest BCUT2D eigenvalue weighted by atomic mass is 16.5. The van der Waals surface area contributed by atoms with Crippen molar-refractivity contribution in [2.24, 2.45) is 5.92 Å². The first-order chi connectivity index (χ1) is 7.73. The van der Waals surface area contributed by atoms with E-state index in [1.807, 2.05) is 0 Å². The molecule has 0 aromatic heterocycles. The zero-order chi connectivity index (χ0) is 11.1. The van der Waals surface area contributed by atoms with Gasteiger partial charge in [-0.15, -0.1) is 0 Å². The van der Waals surface area contributed by atoms with Crippen molar-refractivity contribution in [1.82, 2.24) is 5.32 Å². The van der Waals surface area contributed by atoms with Crippen LogP contribution in [0.4, 0.5) is 0 Å². The van der Waals surface area contributed by atoms with E-state index in [4.69, 9.17) is 9.47 Å². The first-order valence-corrected chi connectivity index (χ1v) is 6.71. The van der Waals surface area contributed by atoms with Crippen molar-refractivity contribution in [3.63, 3.8) is 0 Å². The van der Waals surface area contributed by atoms with Gasteiger partial charge in [0.1, 0.15) is 0 Å². The summed E-state index contributed by atoms with van der Waals surface area (Å²) in [6.45, 7) is 6.11. The van der Waals surface area contributed by atoms with Crippen molar-refractivity contribution < 1.29 is 9.47 Å². The van der Waals surface area contributed by atoms with Crippen LogP contribution >= 0.6 is 0 Å². The van der Waals surface area contributed by atoms with Gasteiger partial charge >= 0.3 is 0 Å². The molecule has 2 heterocycles. The molecule has 3 fully saturated rings. The van der Waals surface area contributed by atoms with Gasteiger partial charge in [0.25, 0.3) is 0 Å². The van der Waals surface area contributed by atoms with Gasteiger partial charge in [0.2, 0.25) is 0 Å². The Bertz CT molecular complexity index is 257. The van der Waals surface area contributed by atoms with E-state index in [1.165, 1.54) is 25.7 Å². The highest BCUT2D eigenvalue weighted by molar-refractivity contribution is 5.00.